The molecule has 1 fully saturated rings. The summed E-state index contributed by atoms with van der Waals surface area (Å²) in [6.45, 7) is 6.55. The Balaban J connectivity index is 1.41. The summed E-state index contributed by atoms with van der Waals surface area (Å²) in [5, 5.41) is 0.569. The molecular weight excluding hydrogens is 466 g/mol. The molecule has 5 rings (SSSR count). The number of ether oxygens (including phenoxy) is 1. The predicted octanol–water partition coefficient (Wildman–Crippen LogP) is 3.93. The Bertz CT molecular complexity index is 1400. The third-order valence-electron chi connectivity index (χ3n) is 5.77. The van der Waals surface area contributed by atoms with Gasteiger partial charge in [0.15, 0.2) is 16.3 Å². The van der Waals surface area contributed by atoms with E-state index in [0.29, 0.717) is 42.5 Å². The lowest BCUT2D eigenvalue weighted by Gasteiger charge is -2.34. The van der Waals surface area contributed by atoms with Crippen molar-refractivity contribution in [2.75, 3.05) is 13.1 Å². The van der Waals surface area contributed by atoms with Gasteiger partial charge in [0.2, 0.25) is 0 Å². The number of likely N-dealkylation sites (tertiary alicyclic amines) is 1. The number of aromatic amines is 1. The number of rotatable bonds is 4. The molecular formula is C24H27N7O3S. The van der Waals surface area contributed by atoms with Gasteiger partial charge in [0.05, 0.1) is 16.8 Å². The van der Waals surface area contributed by atoms with Crippen molar-refractivity contribution in [1.29, 1.82) is 0 Å². The van der Waals surface area contributed by atoms with E-state index in [-0.39, 0.29) is 23.2 Å². The maximum atomic E-state index is 13.5. The summed E-state index contributed by atoms with van der Waals surface area (Å²) in [7, 11) is 0. The second-order valence-electron chi connectivity index (χ2n) is 9.49. The number of thioether (sulfide) groups is 1. The average molecular weight is 494 g/mol. The van der Waals surface area contributed by atoms with Crippen molar-refractivity contribution in [1.82, 2.24) is 34.4 Å². The molecule has 1 saturated heterocycles. The molecule has 11 heteroatoms. The zero-order valence-corrected chi connectivity index (χ0v) is 20.7. The summed E-state index contributed by atoms with van der Waals surface area (Å²) in [4.78, 5) is 48.8. The summed E-state index contributed by atoms with van der Waals surface area (Å²) >= 11 is 1.44. The van der Waals surface area contributed by atoms with Gasteiger partial charge in [-0.2, -0.15) is 0 Å². The molecule has 10 nitrogen and oxygen atoms in total. The standard InChI is InChI=1S/C24H27N7O3S/c1-24(2,3)34-23(33)30-12-8-15(9-13-30)31-21(32)19-20(26-11-10-25-19)29-22(31)35-14-18-27-16-6-4-5-7-17(16)28-18/h4-7,10-11,15H,8-9,12-14H2,1-3H3,(H,27,28). The van der Waals surface area contributed by atoms with Crippen LogP contribution in [0.1, 0.15) is 45.5 Å². The molecule has 4 heterocycles. The number of para-hydroxylation sites is 2. The molecule has 4 aromatic rings. The smallest absolute Gasteiger partial charge is 0.410 e. The van der Waals surface area contributed by atoms with Crippen LogP contribution in [0, 0.1) is 0 Å². The van der Waals surface area contributed by atoms with Crippen LogP contribution in [-0.2, 0) is 10.5 Å². The van der Waals surface area contributed by atoms with E-state index in [1.165, 1.54) is 24.2 Å². The Morgan fingerprint density at radius 1 is 1.14 bits per heavy atom. The van der Waals surface area contributed by atoms with Crippen LogP contribution >= 0.6 is 11.8 Å². The molecule has 1 aliphatic heterocycles. The molecule has 0 bridgehead atoms. The van der Waals surface area contributed by atoms with Gasteiger partial charge in [-0.3, -0.25) is 9.36 Å². The van der Waals surface area contributed by atoms with Crippen molar-refractivity contribution in [3.63, 3.8) is 0 Å². The zero-order valence-electron chi connectivity index (χ0n) is 19.9. The van der Waals surface area contributed by atoms with Crippen molar-refractivity contribution in [3.05, 3.63) is 52.8 Å². The highest BCUT2D eigenvalue weighted by atomic mass is 32.2. The van der Waals surface area contributed by atoms with Crippen LogP contribution in [0.15, 0.2) is 46.6 Å². The molecule has 0 atom stereocenters. The number of H-pyrrole nitrogens is 1. The van der Waals surface area contributed by atoms with Crippen molar-refractivity contribution in [2.24, 2.45) is 0 Å². The Kier molecular flexibility index (Phi) is 6.18. The number of carbonyl (C=O) groups excluding carboxylic acids is 1. The largest absolute Gasteiger partial charge is 0.444 e. The number of fused-ring (bicyclic) bond motifs is 2. The molecule has 1 N–H and O–H groups in total. The molecule has 1 aliphatic rings. The zero-order chi connectivity index (χ0) is 24.6. The van der Waals surface area contributed by atoms with Gasteiger partial charge >= 0.3 is 6.09 Å². The minimum absolute atomic E-state index is 0.113. The van der Waals surface area contributed by atoms with Crippen molar-refractivity contribution in [3.8, 4) is 0 Å². The summed E-state index contributed by atoms with van der Waals surface area (Å²) in [6, 6.07) is 7.73. The summed E-state index contributed by atoms with van der Waals surface area (Å²) < 4.78 is 7.23. The first-order valence-corrected chi connectivity index (χ1v) is 12.5. The number of hydrogen-bond donors (Lipinski definition) is 1. The molecule has 0 unspecified atom stereocenters. The SMILES string of the molecule is CC(C)(C)OC(=O)N1CCC(n2c(SCc3nc4ccccc4[nH]3)nc3nccnc3c2=O)CC1. The fourth-order valence-electron chi connectivity index (χ4n) is 4.17. The normalized spacial score (nSPS) is 15.1. The van der Waals surface area contributed by atoms with Crippen LogP contribution in [0.2, 0.25) is 0 Å². The third-order valence-corrected chi connectivity index (χ3v) is 6.73. The Hall–Kier alpha value is -3.47. The lowest BCUT2D eigenvalue weighted by molar-refractivity contribution is 0.0184. The lowest BCUT2D eigenvalue weighted by Crippen LogP contribution is -2.43. The van der Waals surface area contributed by atoms with Gasteiger partial charge in [0.25, 0.3) is 5.56 Å². The number of nitrogens with one attached hydrogen (secondary N) is 1. The first-order chi connectivity index (χ1) is 16.8. The van der Waals surface area contributed by atoms with Crippen molar-refractivity contribution >= 4 is 40.1 Å². The van der Waals surface area contributed by atoms with Gasteiger partial charge in [-0.1, -0.05) is 23.9 Å². The Morgan fingerprint density at radius 3 is 2.63 bits per heavy atom. The minimum Gasteiger partial charge on any atom is -0.444 e. The van der Waals surface area contributed by atoms with Crippen LogP contribution in [0.3, 0.4) is 0 Å². The van der Waals surface area contributed by atoms with Crippen LogP contribution < -0.4 is 5.56 Å². The summed E-state index contributed by atoms with van der Waals surface area (Å²) in [5.41, 5.74) is 1.67. The Morgan fingerprint density at radius 2 is 1.89 bits per heavy atom. The number of hydrogen-bond acceptors (Lipinski definition) is 8. The second-order valence-corrected chi connectivity index (χ2v) is 10.4. The highest BCUT2D eigenvalue weighted by molar-refractivity contribution is 7.98. The molecule has 0 radical (unpaired) electrons. The fourth-order valence-corrected chi connectivity index (χ4v) is 5.10. The third kappa shape index (κ3) is 5.00. The van der Waals surface area contributed by atoms with Gasteiger partial charge in [-0.15, -0.1) is 0 Å². The van der Waals surface area contributed by atoms with Crippen molar-refractivity contribution in [2.45, 2.75) is 56.2 Å². The van der Waals surface area contributed by atoms with Gasteiger partial charge in [-0.05, 0) is 45.7 Å². The number of benzene rings is 1. The van der Waals surface area contributed by atoms with Crippen LogP contribution in [0.5, 0.6) is 0 Å². The number of amides is 1. The molecule has 1 aromatic carbocycles. The minimum atomic E-state index is -0.549. The van der Waals surface area contributed by atoms with Gasteiger partial charge in [0, 0.05) is 31.5 Å². The number of carbonyl (C=O) groups is 1. The molecule has 1 amide bonds. The van der Waals surface area contributed by atoms with E-state index in [4.69, 9.17) is 4.74 Å². The van der Waals surface area contributed by atoms with E-state index >= 15 is 0 Å². The molecule has 182 valence electrons. The number of nitrogens with zero attached hydrogens (tertiary/aromatic N) is 6. The lowest BCUT2D eigenvalue weighted by atomic mass is 10.1. The van der Waals surface area contributed by atoms with Crippen LogP contribution in [-0.4, -0.2) is 59.2 Å². The average Bonchev–Trinajstić information content (AvgIpc) is 3.25. The Labute approximate surface area is 206 Å². The van der Waals surface area contributed by atoms with E-state index in [0.717, 1.165) is 16.9 Å². The molecule has 0 spiro atoms. The first-order valence-electron chi connectivity index (χ1n) is 11.6. The molecule has 35 heavy (non-hydrogen) atoms. The quantitative estimate of drug-likeness (QED) is 0.336. The maximum Gasteiger partial charge on any atom is 0.410 e. The topological polar surface area (TPSA) is 119 Å². The van der Waals surface area contributed by atoms with Crippen LogP contribution in [0.4, 0.5) is 4.79 Å². The summed E-state index contributed by atoms with van der Waals surface area (Å²) in [5.74, 6) is 1.32. The monoisotopic (exact) mass is 493 g/mol. The highest BCUT2D eigenvalue weighted by Gasteiger charge is 2.30. The predicted molar refractivity (Wildman–Crippen MR) is 133 cm³/mol. The van der Waals surface area contributed by atoms with Gasteiger partial charge in [0.1, 0.15) is 11.4 Å². The molecule has 0 aliphatic carbocycles. The van der Waals surface area contributed by atoms with Gasteiger partial charge in [-0.25, -0.2) is 24.7 Å². The summed E-state index contributed by atoms with van der Waals surface area (Å²) in [6.07, 6.45) is 3.94. The first kappa shape index (κ1) is 23.3. The van der Waals surface area contributed by atoms with E-state index in [1.54, 1.807) is 9.47 Å². The van der Waals surface area contributed by atoms with E-state index < -0.39 is 5.60 Å². The van der Waals surface area contributed by atoms with Gasteiger partial charge < -0.3 is 14.6 Å². The number of piperidine rings is 1. The number of aromatic nitrogens is 6. The van der Waals surface area contributed by atoms with E-state index in [9.17, 15) is 9.59 Å². The second kappa shape index (κ2) is 9.29. The van der Waals surface area contributed by atoms with E-state index in [2.05, 4.69) is 24.9 Å². The van der Waals surface area contributed by atoms with Crippen molar-refractivity contribution < 1.29 is 9.53 Å². The fraction of sp³-hybridized carbons (Fsp3) is 0.417. The van der Waals surface area contributed by atoms with E-state index in [1.807, 2.05) is 45.0 Å². The van der Waals surface area contributed by atoms with Crippen LogP contribution in [0.25, 0.3) is 22.2 Å². The maximum absolute atomic E-state index is 13.5. The molecule has 0 saturated carbocycles. The molecule has 3 aromatic heterocycles. The number of imidazole rings is 1. The highest BCUT2D eigenvalue weighted by Crippen LogP contribution is 2.29.